The Bertz CT molecular complexity index is 512. The topological polar surface area (TPSA) is 95.4 Å². The van der Waals surface area contributed by atoms with Crippen LogP contribution in [0.3, 0.4) is 0 Å². The van der Waals surface area contributed by atoms with Crippen LogP contribution in [0.2, 0.25) is 0 Å². The first-order chi connectivity index (χ1) is 10.6. The number of amides is 1. The van der Waals surface area contributed by atoms with E-state index in [1.807, 2.05) is 6.92 Å². The first-order valence-electron chi connectivity index (χ1n) is 7.74. The van der Waals surface area contributed by atoms with Crippen molar-refractivity contribution in [2.24, 2.45) is 0 Å². The zero-order valence-electron chi connectivity index (χ0n) is 12.8. The summed E-state index contributed by atoms with van der Waals surface area (Å²) in [4.78, 5) is 25.3. The Labute approximate surface area is 129 Å². The number of anilines is 1. The van der Waals surface area contributed by atoms with E-state index < -0.39 is 17.9 Å². The smallest absolute Gasteiger partial charge is 0.326 e. The molecular formula is C15H22N4O3. The second-order valence-corrected chi connectivity index (χ2v) is 5.48. The number of aromatic nitrogens is 2. The Kier molecular flexibility index (Phi) is 5.68. The van der Waals surface area contributed by atoms with E-state index in [2.05, 4.69) is 20.4 Å². The molecule has 0 spiro atoms. The van der Waals surface area contributed by atoms with Crippen molar-refractivity contribution in [1.29, 1.82) is 0 Å². The number of carbonyl (C=O) groups excluding carboxylic acids is 1. The second-order valence-electron chi connectivity index (χ2n) is 5.48. The van der Waals surface area contributed by atoms with E-state index in [9.17, 15) is 9.59 Å². The molecule has 1 aliphatic heterocycles. The number of carboxylic acids is 1. The minimum Gasteiger partial charge on any atom is -0.480 e. The number of aliphatic carboxylic acids is 1. The van der Waals surface area contributed by atoms with Gasteiger partial charge in [-0.05, 0) is 31.4 Å². The van der Waals surface area contributed by atoms with E-state index in [-0.39, 0.29) is 5.69 Å². The van der Waals surface area contributed by atoms with Crippen LogP contribution in [-0.4, -0.2) is 46.3 Å². The molecule has 0 radical (unpaired) electrons. The van der Waals surface area contributed by atoms with Gasteiger partial charge in [-0.15, -0.1) is 10.2 Å². The van der Waals surface area contributed by atoms with Crippen LogP contribution in [0.5, 0.6) is 0 Å². The molecule has 1 aromatic heterocycles. The molecule has 7 heteroatoms. The van der Waals surface area contributed by atoms with Crippen molar-refractivity contribution in [2.45, 2.75) is 45.1 Å². The summed E-state index contributed by atoms with van der Waals surface area (Å²) in [5.41, 5.74) is 0.144. The molecule has 2 heterocycles. The Hall–Kier alpha value is -2.18. The fourth-order valence-corrected chi connectivity index (χ4v) is 2.46. The fourth-order valence-electron chi connectivity index (χ4n) is 2.46. The normalized spacial score (nSPS) is 15.6. The number of unbranched alkanes of at least 4 members (excludes halogenated alkanes) is 1. The third kappa shape index (κ3) is 4.16. The number of rotatable bonds is 7. The lowest BCUT2D eigenvalue weighted by molar-refractivity contribution is -0.139. The SMILES string of the molecule is CCCC[C@H](NC(=O)c1ccc(N2CCCC2)nn1)C(=O)O. The molecule has 7 nitrogen and oxygen atoms in total. The van der Waals surface area contributed by atoms with Crippen molar-refractivity contribution < 1.29 is 14.7 Å². The maximum atomic E-state index is 12.1. The highest BCUT2D eigenvalue weighted by atomic mass is 16.4. The molecule has 1 atom stereocenters. The standard InChI is InChI=1S/C15H22N4O3/c1-2-3-6-12(15(21)22)16-14(20)11-7-8-13(18-17-11)19-9-4-5-10-19/h7-8,12H,2-6,9-10H2,1H3,(H,16,20)(H,21,22)/t12-/m0/s1. The summed E-state index contributed by atoms with van der Waals surface area (Å²) >= 11 is 0. The Morgan fingerprint density at radius 3 is 2.59 bits per heavy atom. The Morgan fingerprint density at radius 1 is 1.32 bits per heavy atom. The van der Waals surface area contributed by atoms with Gasteiger partial charge in [0.25, 0.3) is 5.91 Å². The van der Waals surface area contributed by atoms with E-state index in [4.69, 9.17) is 5.11 Å². The zero-order valence-corrected chi connectivity index (χ0v) is 12.8. The number of nitrogens with one attached hydrogen (secondary N) is 1. The highest BCUT2D eigenvalue weighted by molar-refractivity contribution is 5.94. The third-order valence-electron chi connectivity index (χ3n) is 3.76. The average Bonchev–Trinajstić information content (AvgIpc) is 3.05. The maximum Gasteiger partial charge on any atom is 0.326 e. The first-order valence-corrected chi connectivity index (χ1v) is 7.74. The molecule has 2 N–H and O–H groups in total. The van der Waals surface area contributed by atoms with Crippen molar-refractivity contribution in [3.63, 3.8) is 0 Å². The van der Waals surface area contributed by atoms with E-state index in [1.165, 1.54) is 0 Å². The summed E-state index contributed by atoms with van der Waals surface area (Å²) in [6, 6.07) is 2.47. The average molecular weight is 306 g/mol. The van der Waals surface area contributed by atoms with Crippen LogP contribution >= 0.6 is 0 Å². The van der Waals surface area contributed by atoms with Gasteiger partial charge >= 0.3 is 5.97 Å². The predicted octanol–water partition coefficient (Wildman–Crippen LogP) is 1.45. The van der Waals surface area contributed by atoms with Crippen LogP contribution < -0.4 is 10.2 Å². The molecule has 1 aliphatic rings. The summed E-state index contributed by atoms with van der Waals surface area (Å²) < 4.78 is 0. The summed E-state index contributed by atoms with van der Waals surface area (Å²) in [5, 5.41) is 19.6. The lowest BCUT2D eigenvalue weighted by Gasteiger charge is -2.16. The van der Waals surface area contributed by atoms with E-state index in [1.54, 1.807) is 12.1 Å². The fraction of sp³-hybridized carbons (Fsp3) is 0.600. The van der Waals surface area contributed by atoms with Gasteiger partial charge in [0.05, 0.1) is 0 Å². The number of carboxylic acid groups (broad SMARTS) is 1. The van der Waals surface area contributed by atoms with Crippen LogP contribution in [-0.2, 0) is 4.79 Å². The second kappa shape index (κ2) is 7.72. The van der Waals surface area contributed by atoms with Crippen LogP contribution in [0.4, 0.5) is 5.82 Å². The van der Waals surface area contributed by atoms with Crippen molar-refractivity contribution >= 4 is 17.7 Å². The number of nitrogens with zero attached hydrogens (tertiary/aromatic N) is 3. The van der Waals surface area contributed by atoms with Gasteiger partial charge < -0.3 is 15.3 Å². The molecule has 1 aromatic rings. The molecule has 0 saturated carbocycles. The van der Waals surface area contributed by atoms with Gasteiger partial charge in [-0.3, -0.25) is 4.79 Å². The quantitative estimate of drug-likeness (QED) is 0.791. The van der Waals surface area contributed by atoms with Crippen molar-refractivity contribution in [1.82, 2.24) is 15.5 Å². The molecule has 22 heavy (non-hydrogen) atoms. The number of carbonyl (C=O) groups is 2. The van der Waals surface area contributed by atoms with Crippen LogP contribution in [0.25, 0.3) is 0 Å². The van der Waals surface area contributed by atoms with Crippen molar-refractivity contribution in [2.75, 3.05) is 18.0 Å². The highest BCUT2D eigenvalue weighted by Gasteiger charge is 2.21. The van der Waals surface area contributed by atoms with Crippen molar-refractivity contribution in [3.8, 4) is 0 Å². The molecule has 0 unspecified atom stereocenters. The molecule has 1 amide bonds. The molecule has 120 valence electrons. The molecule has 0 aromatic carbocycles. The molecule has 2 rings (SSSR count). The molecule has 1 saturated heterocycles. The predicted molar refractivity (Wildman–Crippen MR) is 81.9 cm³/mol. The van der Waals surface area contributed by atoms with Crippen molar-refractivity contribution in [3.05, 3.63) is 17.8 Å². The minimum atomic E-state index is -1.02. The Balaban J connectivity index is 1.97. The number of hydrogen-bond acceptors (Lipinski definition) is 5. The van der Waals surface area contributed by atoms with Gasteiger partial charge in [0.1, 0.15) is 6.04 Å². The zero-order chi connectivity index (χ0) is 15.9. The molecular weight excluding hydrogens is 284 g/mol. The molecule has 1 fully saturated rings. The van der Waals surface area contributed by atoms with Crippen LogP contribution in [0.1, 0.15) is 49.5 Å². The highest BCUT2D eigenvalue weighted by Crippen LogP contribution is 2.16. The van der Waals surface area contributed by atoms with Gasteiger partial charge in [0.15, 0.2) is 11.5 Å². The largest absolute Gasteiger partial charge is 0.480 e. The van der Waals surface area contributed by atoms with Gasteiger partial charge in [0, 0.05) is 13.1 Å². The molecule has 0 aliphatic carbocycles. The van der Waals surface area contributed by atoms with E-state index in [0.29, 0.717) is 6.42 Å². The minimum absolute atomic E-state index is 0.144. The summed E-state index contributed by atoms with van der Waals surface area (Å²) in [6.45, 7) is 3.89. The van der Waals surface area contributed by atoms with E-state index in [0.717, 1.165) is 44.6 Å². The summed E-state index contributed by atoms with van der Waals surface area (Å²) in [7, 11) is 0. The first kappa shape index (κ1) is 16.2. The van der Waals surface area contributed by atoms with E-state index >= 15 is 0 Å². The van der Waals surface area contributed by atoms with Gasteiger partial charge in [-0.2, -0.15) is 0 Å². The van der Waals surface area contributed by atoms with Gasteiger partial charge in [-0.25, -0.2) is 4.79 Å². The maximum absolute atomic E-state index is 12.1. The van der Waals surface area contributed by atoms with Crippen LogP contribution in [0, 0.1) is 0 Å². The third-order valence-corrected chi connectivity index (χ3v) is 3.76. The lowest BCUT2D eigenvalue weighted by atomic mass is 10.1. The Morgan fingerprint density at radius 2 is 2.05 bits per heavy atom. The number of hydrogen-bond donors (Lipinski definition) is 2. The van der Waals surface area contributed by atoms with Gasteiger partial charge in [0.2, 0.25) is 0 Å². The van der Waals surface area contributed by atoms with Gasteiger partial charge in [-0.1, -0.05) is 19.8 Å². The summed E-state index contributed by atoms with van der Waals surface area (Å²) in [5.74, 6) is -0.762. The summed E-state index contributed by atoms with van der Waals surface area (Å²) in [6.07, 6.45) is 4.32. The molecule has 0 bridgehead atoms. The van der Waals surface area contributed by atoms with Crippen LogP contribution in [0.15, 0.2) is 12.1 Å². The lowest BCUT2D eigenvalue weighted by Crippen LogP contribution is -2.41. The monoisotopic (exact) mass is 306 g/mol.